The van der Waals surface area contributed by atoms with Gasteiger partial charge in [-0.15, -0.1) is 0 Å². The van der Waals surface area contributed by atoms with Gasteiger partial charge in [-0.25, -0.2) is 0 Å². The number of nitrogens with one attached hydrogen (secondary N) is 1. The maximum Gasteiger partial charge on any atom is 0.230 e. The molecule has 2 aliphatic carbocycles. The van der Waals surface area contributed by atoms with Crippen LogP contribution in [0.25, 0.3) is 0 Å². The van der Waals surface area contributed by atoms with Gasteiger partial charge in [0, 0.05) is 36.0 Å². The van der Waals surface area contributed by atoms with Crippen molar-refractivity contribution in [3.8, 4) is 17.2 Å². The first-order chi connectivity index (χ1) is 20.4. The molecule has 0 saturated carbocycles. The zero-order chi connectivity index (χ0) is 31.4. The number of ether oxygens (including phenoxy) is 3. The van der Waals surface area contributed by atoms with Crippen molar-refractivity contribution in [3.05, 3.63) is 51.6 Å². The summed E-state index contributed by atoms with van der Waals surface area (Å²) in [5, 5.41) is 57.2. The van der Waals surface area contributed by atoms with E-state index in [2.05, 4.69) is 21.2 Å². The number of fused-ring (bicyclic) bond motifs is 3. The molecule has 0 radical (unpaired) electrons. The van der Waals surface area contributed by atoms with Gasteiger partial charge in [-0.1, -0.05) is 28.1 Å². The number of ketones is 3. The van der Waals surface area contributed by atoms with Crippen LogP contribution in [0.5, 0.6) is 17.2 Å². The molecule has 1 amide bonds. The second-order valence-corrected chi connectivity index (χ2v) is 11.4. The standard InChI is InChI=1S/C29H30BrNO12/c1-11-24(35)14(31-18(34)9-30)6-19(42-11)43-16-8-29(40,17(33)10-32)7-13-21(16)28(39)23-22(26(13)37)25(36)12-4-3-5-15(41-2)20(12)27(23)38/h3-5,11,14,16,19,24,32,35,37,39-40H,6-10H2,1-2H3,(H,31,34)/t11?,14?,16-,19?,24?,29-/m0/s1. The highest BCUT2D eigenvalue weighted by molar-refractivity contribution is 9.09. The van der Waals surface area contributed by atoms with E-state index in [4.69, 9.17) is 14.2 Å². The van der Waals surface area contributed by atoms with E-state index in [-0.39, 0.29) is 39.8 Å². The minimum Gasteiger partial charge on any atom is -0.507 e. The highest BCUT2D eigenvalue weighted by Gasteiger charge is 2.50. The fourth-order valence-corrected chi connectivity index (χ4v) is 6.27. The number of methoxy groups -OCH3 is 1. The summed E-state index contributed by atoms with van der Waals surface area (Å²) in [7, 11) is 1.31. The third-order valence-electron chi connectivity index (χ3n) is 8.23. The lowest BCUT2D eigenvalue weighted by Crippen LogP contribution is -2.56. The lowest BCUT2D eigenvalue weighted by molar-refractivity contribution is -0.249. The minimum absolute atomic E-state index is 0.0256. The van der Waals surface area contributed by atoms with Crippen LogP contribution in [0.3, 0.4) is 0 Å². The van der Waals surface area contributed by atoms with Gasteiger partial charge >= 0.3 is 0 Å². The van der Waals surface area contributed by atoms with E-state index in [1.54, 1.807) is 6.92 Å². The van der Waals surface area contributed by atoms with Gasteiger partial charge in [-0.3, -0.25) is 19.2 Å². The van der Waals surface area contributed by atoms with Gasteiger partial charge in [-0.2, -0.15) is 0 Å². The minimum atomic E-state index is -2.29. The van der Waals surface area contributed by atoms with Gasteiger partial charge in [-0.05, 0) is 13.0 Å². The quantitative estimate of drug-likeness (QED) is 0.151. The molecule has 43 heavy (non-hydrogen) atoms. The van der Waals surface area contributed by atoms with Gasteiger partial charge in [0.1, 0.15) is 35.6 Å². The molecule has 1 aliphatic heterocycles. The van der Waals surface area contributed by atoms with Crippen LogP contribution in [0.4, 0.5) is 0 Å². The van der Waals surface area contributed by atoms with Crippen LogP contribution in [0.1, 0.15) is 68.8 Å². The average Bonchev–Trinajstić information content (AvgIpc) is 2.98. The zero-order valence-corrected chi connectivity index (χ0v) is 24.7. The summed E-state index contributed by atoms with van der Waals surface area (Å²) in [6.07, 6.45) is -5.73. The number of hydrogen-bond acceptors (Lipinski definition) is 12. The van der Waals surface area contributed by atoms with Gasteiger partial charge in [0.2, 0.25) is 11.7 Å². The summed E-state index contributed by atoms with van der Waals surface area (Å²) in [6, 6.07) is 3.52. The van der Waals surface area contributed by atoms with Crippen molar-refractivity contribution in [2.24, 2.45) is 0 Å². The normalized spacial score (nSPS) is 28.0. The molecule has 6 atom stereocenters. The van der Waals surface area contributed by atoms with E-state index in [0.29, 0.717) is 0 Å². The molecule has 14 heteroatoms. The molecule has 5 rings (SSSR count). The summed E-state index contributed by atoms with van der Waals surface area (Å²) in [4.78, 5) is 52.1. The summed E-state index contributed by atoms with van der Waals surface area (Å²) in [6.45, 7) is 0.493. The number of halogens is 1. The molecule has 2 aromatic carbocycles. The van der Waals surface area contributed by atoms with E-state index >= 15 is 0 Å². The molecule has 6 N–H and O–H groups in total. The first kappa shape index (κ1) is 31.0. The van der Waals surface area contributed by atoms with Crippen LogP contribution in [0.2, 0.25) is 0 Å². The number of carbonyl (C=O) groups is 4. The van der Waals surface area contributed by atoms with Gasteiger partial charge in [0.15, 0.2) is 17.9 Å². The van der Waals surface area contributed by atoms with Crippen molar-refractivity contribution >= 4 is 39.2 Å². The van der Waals surface area contributed by atoms with Crippen LogP contribution in [-0.2, 0) is 25.5 Å². The molecule has 3 aliphatic rings. The van der Waals surface area contributed by atoms with Crippen molar-refractivity contribution in [1.29, 1.82) is 0 Å². The Bertz CT molecular complexity index is 1530. The predicted molar refractivity (Wildman–Crippen MR) is 150 cm³/mol. The van der Waals surface area contributed by atoms with Crippen LogP contribution >= 0.6 is 15.9 Å². The molecule has 0 spiro atoms. The molecule has 4 unspecified atom stereocenters. The molecular formula is C29H30BrNO12. The van der Waals surface area contributed by atoms with E-state index < -0.39 is 102 Å². The molecule has 2 aromatic rings. The van der Waals surface area contributed by atoms with Gasteiger partial charge < -0.3 is 45.1 Å². The number of carbonyl (C=O) groups excluding carboxylic acids is 4. The second kappa shape index (κ2) is 11.6. The Morgan fingerprint density at radius 3 is 2.49 bits per heavy atom. The summed E-state index contributed by atoms with van der Waals surface area (Å²) < 4.78 is 17.2. The number of amides is 1. The smallest absolute Gasteiger partial charge is 0.230 e. The van der Waals surface area contributed by atoms with Crippen molar-refractivity contribution in [3.63, 3.8) is 0 Å². The fourth-order valence-electron chi connectivity index (χ4n) is 6.10. The van der Waals surface area contributed by atoms with Crippen molar-refractivity contribution < 1.29 is 58.9 Å². The first-order valence-corrected chi connectivity index (χ1v) is 14.6. The van der Waals surface area contributed by atoms with E-state index in [1.165, 1.54) is 25.3 Å². The maximum absolute atomic E-state index is 13.7. The first-order valence-electron chi connectivity index (χ1n) is 13.4. The predicted octanol–water partition coefficient (Wildman–Crippen LogP) is 0.554. The van der Waals surface area contributed by atoms with E-state index in [0.717, 1.165) is 0 Å². The number of phenolic OH excluding ortho intramolecular Hbond substituents is 2. The molecule has 1 fully saturated rings. The number of aliphatic hydroxyl groups is 3. The largest absolute Gasteiger partial charge is 0.507 e. The topological polar surface area (TPSA) is 209 Å². The van der Waals surface area contributed by atoms with E-state index in [1.807, 2.05) is 0 Å². The lowest BCUT2D eigenvalue weighted by Gasteiger charge is -2.42. The summed E-state index contributed by atoms with van der Waals surface area (Å²) >= 11 is 3.05. The molecule has 1 heterocycles. The molecular weight excluding hydrogens is 634 g/mol. The number of hydrogen-bond donors (Lipinski definition) is 6. The lowest BCUT2D eigenvalue weighted by atomic mass is 9.72. The number of alkyl halides is 1. The number of Topliss-reactive ketones (excluding diaryl/α,β-unsaturated/α-hetero) is 1. The Morgan fingerprint density at radius 2 is 1.84 bits per heavy atom. The molecule has 13 nitrogen and oxygen atoms in total. The maximum atomic E-state index is 13.7. The number of aromatic hydroxyl groups is 2. The highest BCUT2D eigenvalue weighted by Crippen LogP contribution is 2.52. The average molecular weight is 664 g/mol. The Labute approximate surface area is 253 Å². The van der Waals surface area contributed by atoms with Gasteiger partial charge in [0.05, 0.1) is 47.4 Å². The van der Waals surface area contributed by atoms with Crippen molar-refractivity contribution in [2.75, 3.05) is 19.0 Å². The summed E-state index contributed by atoms with van der Waals surface area (Å²) in [5.74, 6) is -4.35. The third kappa shape index (κ3) is 5.11. The van der Waals surface area contributed by atoms with Crippen molar-refractivity contribution in [2.45, 2.75) is 62.4 Å². The zero-order valence-electron chi connectivity index (χ0n) is 23.1. The van der Waals surface area contributed by atoms with Gasteiger partial charge in [0.25, 0.3) is 0 Å². The molecule has 230 valence electrons. The van der Waals surface area contributed by atoms with E-state index in [9.17, 15) is 44.7 Å². The number of rotatable bonds is 7. The number of aliphatic hydroxyl groups excluding tert-OH is 2. The monoisotopic (exact) mass is 663 g/mol. The molecule has 0 bridgehead atoms. The van der Waals surface area contributed by atoms with Crippen LogP contribution in [0.15, 0.2) is 18.2 Å². The number of benzene rings is 2. The molecule has 1 saturated heterocycles. The number of phenols is 2. The van der Waals surface area contributed by atoms with Crippen LogP contribution in [0, 0.1) is 0 Å². The Balaban J connectivity index is 1.63. The molecule has 0 aromatic heterocycles. The third-order valence-corrected chi connectivity index (χ3v) is 8.74. The summed E-state index contributed by atoms with van der Waals surface area (Å²) in [5.41, 5.74) is -3.87. The highest BCUT2D eigenvalue weighted by atomic mass is 79.9. The van der Waals surface area contributed by atoms with Crippen molar-refractivity contribution in [1.82, 2.24) is 5.32 Å². The van der Waals surface area contributed by atoms with Crippen LogP contribution in [-0.4, -0.2) is 98.0 Å². The fraction of sp³-hybridized carbons (Fsp3) is 0.448. The van der Waals surface area contributed by atoms with Crippen LogP contribution < -0.4 is 10.1 Å². The second-order valence-electron chi connectivity index (χ2n) is 10.8. The Morgan fingerprint density at radius 1 is 1.14 bits per heavy atom. The SMILES string of the molecule is COc1cccc2c1C(=O)c1c(O)c3c(c(O)c1C2=O)C[C@@](O)(C(=O)CO)C[C@@H]3OC1CC(NC(=O)CBr)C(O)C(C)O1. The Hall–Kier alpha value is -3.40. The Kier molecular flexibility index (Phi) is 8.37.